The molecular formula is C17H22O4. The van der Waals surface area contributed by atoms with Gasteiger partial charge in [-0.3, -0.25) is 0 Å². The maximum absolute atomic E-state index is 11.4. The van der Waals surface area contributed by atoms with Gasteiger partial charge in [0.05, 0.1) is 25.9 Å². The molecule has 1 aromatic carbocycles. The molecule has 1 saturated heterocycles. The number of benzene rings is 1. The zero-order valence-corrected chi connectivity index (χ0v) is 12.8. The second-order valence-corrected chi connectivity index (χ2v) is 5.15. The van der Waals surface area contributed by atoms with E-state index in [4.69, 9.17) is 14.2 Å². The minimum atomic E-state index is -0.330. The van der Waals surface area contributed by atoms with E-state index in [-0.39, 0.29) is 18.2 Å². The fourth-order valence-corrected chi connectivity index (χ4v) is 2.05. The first-order valence-corrected chi connectivity index (χ1v) is 7.28. The Morgan fingerprint density at radius 1 is 1.52 bits per heavy atom. The predicted molar refractivity (Wildman–Crippen MR) is 81.0 cm³/mol. The van der Waals surface area contributed by atoms with Gasteiger partial charge >= 0.3 is 5.97 Å². The summed E-state index contributed by atoms with van der Waals surface area (Å²) in [6, 6.07) is 6.10. The number of aryl methyl sites for hydroxylation is 1. The van der Waals surface area contributed by atoms with E-state index in [1.54, 1.807) is 13.0 Å². The highest BCUT2D eigenvalue weighted by Crippen LogP contribution is 2.25. The number of esters is 1. The summed E-state index contributed by atoms with van der Waals surface area (Å²) in [6.07, 6.45) is 3.43. The summed E-state index contributed by atoms with van der Waals surface area (Å²) in [4.78, 5) is 11.4. The van der Waals surface area contributed by atoms with E-state index in [0.717, 1.165) is 23.3 Å². The average molecular weight is 290 g/mol. The first-order valence-electron chi connectivity index (χ1n) is 7.28. The number of carbonyl (C=O) groups is 1. The van der Waals surface area contributed by atoms with Gasteiger partial charge < -0.3 is 14.2 Å². The number of rotatable bonds is 7. The zero-order valence-electron chi connectivity index (χ0n) is 12.8. The highest BCUT2D eigenvalue weighted by molar-refractivity contribution is 5.87. The van der Waals surface area contributed by atoms with E-state index in [2.05, 4.69) is 6.07 Å². The van der Waals surface area contributed by atoms with Crippen LogP contribution in [0.15, 0.2) is 24.3 Å². The van der Waals surface area contributed by atoms with E-state index in [9.17, 15) is 4.79 Å². The fraction of sp³-hybridized carbons (Fsp3) is 0.471. The standard InChI is InChI=1S/C17H22O4/c1-4-19-17(18)8-7-14-6-5-12(2)9-16(14)13(3)20-10-15-11-21-15/h5-9,13,15H,4,10-11H2,1-3H3/b8-7+/t13-,15?/m1/s1. The lowest BCUT2D eigenvalue weighted by atomic mass is 10.00. The second-order valence-electron chi connectivity index (χ2n) is 5.15. The molecular weight excluding hydrogens is 268 g/mol. The van der Waals surface area contributed by atoms with Gasteiger partial charge in [0.1, 0.15) is 6.10 Å². The van der Waals surface area contributed by atoms with Crippen molar-refractivity contribution in [2.45, 2.75) is 33.0 Å². The third kappa shape index (κ3) is 4.99. The third-order valence-corrected chi connectivity index (χ3v) is 3.30. The zero-order chi connectivity index (χ0) is 15.2. The van der Waals surface area contributed by atoms with Crippen LogP contribution in [0, 0.1) is 6.92 Å². The minimum absolute atomic E-state index is 0.0454. The molecule has 2 atom stereocenters. The smallest absolute Gasteiger partial charge is 0.330 e. The Morgan fingerprint density at radius 3 is 2.95 bits per heavy atom. The molecule has 2 rings (SSSR count). The van der Waals surface area contributed by atoms with Crippen molar-refractivity contribution in [1.82, 2.24) is 0 Å². The number of hydrogen-bond acceptors (Lipinski definition) is 4. The quantitative estimate of drug-likeness (QED) is 0.440. The normalized spacial score (nSPS) is 18.7. The number of carbonyl (C=O) groups excluding carboxylic acids is 1. The molecule has 0 spiro atoms. The average Bonchev–Trinajstić information content (AvgIpc) is 3.28. The molecule has 0 amide bonds. The lowest BCUT2D eigenvalue weighted by Gasteiger charge is -2.16. The van der Waals surface area contributed by atoms with E-state index in [1.807, 2.05) is 26.0 Å². The first-order chi connectivity index (χ1) is 10.1. The molecule has 0 saturated carbocycles. The molecule has 4 nitrogen and oxygen atoms in total. The molecule has 1 aliphatic rings. The molecule has 1 heterocycles. The van der Waals surface area contributed by atoms with E-state index in [1.165, 1.54) is 6.08 Å². The fourth-order valence-electron chi connectivity index (χ4n) is 2.05. The van der Waals surface area contributed by atoms with Crippen LogP contribution in [-0.4, -0.2) is 31.9 Å². The lowest BCUT2D eigenvalue weighted by Crippen LogP contribution is -2.08. The summed E-state index contributed by atoms with van der Waals surface area (Å²) in [5.41, 5.74) is 3.20. The molecule has 0 aliphatic carbocycles. The highest BCUT2D eigenvalue weighted by atomic mass is 16.6. The van der Waals surface area contributed by atoms with Crippen LogP contribution < -0.4 is 0 Å². The Labute approximate surface area is 125 Å². The molecule has 0 aromatic heterocycles. The van der Waals surface area contributed by atoms with Gasteiger partial charge in [-0.2, -0.15) is 0 Å². The Morgan fingerprint density at radius 2 is 2.29 bits per heavy atom. The maximum Gasteiger partial charge on any atom is 0.330 e. The van der Waals surface area contributed by atoms with Crippen molar-refractivity contribution < 1.29 is 19.0 Å². The molecule has 0 bridgehead atoms. The molecule has 1 unspecified atom stereocenters. The Kier molecular flexibility index (Phi) is 5.53. The van der Waals surface area contributed by atoms with Crippen molar-refractivity contribution >= 4 is 12.0 Å². The third-order valence-electron chi connectivity index (χ3n) is 3.30. The maximum atomic E-state index is 11.4. The summed E-state index contributed by atoms with van der Waals surface area (Å²) in [5, 5.41) is 0. The van der Waals surface area contributed by atoms with E-state index >= 15 is 0 Å². The van der Waals surface area contributed by atoms with Crippen LogP contribution in [0.5, 0.6) is 0 Å². The summed E-state index contributed by atoms with van der Waals surface area (Å²) in [5.74, 6) is -0.330. The second kappa shape index (κ2) is 7.38. The van der Waals surface area contributed by atoms with Crippen molar-refractivity contribution in [1.29, 1.82) is 0 Å². The van der Waals surface area contributed by atoms with Gasteiger partial charge in [-0.15, -0.1) is 0 Å². The number of hydrogen-bond donors (Lipinski definition) is 0. The molecule has 4 heteroatoms. The van der Waals surface area contributed by atoms with Crippen molar-refractivity contribution in [3.63, 3.8) is 0 Å². The molecule has 21 heavy (non-hydrogen) atoms. The SMILES string of the molecule is CCOC(=O)/C=C/c1ccc(C)cc1[C@@H](C)OCC1CO1. The Balaban J connectivity index is 2.09. The van der Waals surface area contributed by atoms with Gasteiger partial charge in [0.25, 0.3) is 0 Å². The monoisotopic (exact) mass is 290 g/mol. The summed E-state index contributed by atoms with van der Waals surface area (Å²) in [7, 11) is 0. The van der Waals surface area contributed by atoms with Gasteiger partial charge in [-0.25, -0.2) is 4.79 Å². The van der Waals surface area contributed by atoms with Crippen LogP contribution in [0.25, 0.3) is 6.08 Å². The molecule has 1 aliphatic heterocycles. The van der Waals surface area contributed by atoms with Gasteiger partial charge in [0, 0.05) is 6.08 Å². The van der Waals surface area contributed by atoms with Gasteiger partial charge in [0.2, 0.25) is 0 Å². The van der Waals surface area contributed by atoms with Crippen molar-refractivity contribution in [3.05, 3.63) is 41.0 Å². The summed E-state index contributed by atoms with van der Waals surface area (Å²) >= 11 is 0. The summed E-state index contributed by atoms with van der Waals surface area (Å²) in [6.45, 7) is 7.62. The first kappa shape index (κ1) is 15.7. The van der Waals surface area contributed by atoms with Crippen LogP contribution in [0.4, 0.5) is 0 Å². The van der Waals surface area contributed by atoms with Crippen LogP contribution >= 0.6 is 0 Å². The molecule has 114 valence electrons. The van der Waals surface area contributed by atoms with Crippen molar-refractivity contribution in [2.75, 3.05) is 19.8 Å². The predicted octanol–water partition coefficient (Wildman–Crippen LogP) is 3.05. The number of epoxide rings is 1. The van der Waals surface area contributed by atoms with Crippen LogP contribution in [-0.2, 0) is 19.0 Å². The topological polar surface area (TPSA) is 48.1 Å². The largest absolute Gasteiger partial charge is 0.463 e. The molecule has 1 aromatic rings. The van der Waals surface area contributed by atoms with Crippen LogP contribution in [0.1, 0.15) is 36.6 Å². The van der Waals surface area contributed by atoms with E-state index in [0.29, 0.717) is 13.2 Å². The minimum Gasteiger partial charge on any atom is -0.463 e. The van der Waals surface area contributed by atoms with Crippen molar-refractivity contribution in [2.24, 2.45) is 0 Å². The van der Waals surface area contributed by atoms with Crippen molar-refractivity contribution in [3.8, 4) is 0 Å². The highest BCUT2D eigenvalue weighted by Gasteiger charge is 2.24. The Bertz CT molecular complexity index is 518. The van der Waals surface area contributed by atoms with Gasteiger partial charge in [0.15, 0.2) is 0 Å². The lowest BCUT2D eigenvalue weighted by molar-refractivity contribution is -0.137. The molecule has 1 fully saturated rings. The van der Waals surface area contributed by atoms with Gasteiger partial charge in [-0.1, -0.05) is 23.8 Å². The van der Waals surface area contributed by atoms with E-state index < -0.39 is 0 Å². The number of ether oxygens (including phenoxy) is 3. The van der Waals surface area contributed by atoms with Crippen LogP contribution in [0.2, 0.25) is 0 Å². The molecule has 0 radical (unpaired) electrons. The van der Waals surface area contributed by atoms with Gasteiger partial charge in [-0.05, 0) is 38.0 Å². The Hall–Kier alpha value is -1.65. The van der Waals surface area contributed by atoms with Crippen LogP contribution in [0.3, 0.4) is 0 Å². The molecule has 0 N–H and O–H groups in total. The summed E-state index contributed by atoms with van der Waals surface area (Å²) < 4.78 is 15.9.